The van der Waals surface area contributed by atoms with Crippen molar-refractivity contribution < 1.29 is 4.79 Å². The number of carbonyl (C=O) groups is 1. The zero-order valence-corrected chi connectivity index (χ0v) is 16.9. The number of halogens is 1. The molecule has 2 heterocycles. The Labute approximate surface area is 157 Å². The third kappa shape index (κ3) is 5.28. The minimum Gasteiger partial charge on any atom is -0.352 e. The third-order valence-corrected chi connectivity index (χ3v) is 6.91. The van der Waals surface area contributed by atoms with Gasteiger partial charge in [0.25, 0.3) is 0 Å². The Bertz CT molecular complexity index is 542. The SMILES string of the molecule is C[C@@H]1CCCC[C@H]1NC(=O)CN1CCN(Cc2ccc(Br)s2)CC1. The van der Waals surface area contributed by atoms with Gasteiger partial charge in [-0.2, -0.15) is 0 Å². The van der Waals surface area contributed by atoms with Gasteiger partial charge in [-0.3, -0.25) is 14.6 Å². The molecule has 1 saturated heterocycles. The average Bonchev–Trinajstić information content (AvgIpc) is 2.96. The van der Waals surface area contributed by atoms with E-state index in [-0.39, 0.29) is 5.91 Å². The van der Waals surface area contributed by atoms with E-state index in [1.807, 2.05) is 11.3 Å². The van der Waals surface area contributed by atoms with Crippen molar-refractivity contribution in [2.75, 3.05) is 32.7 Å². The van der Waals surface area contributed by atoms with Crippen LogP contribution in [0.3, 0.4) is 0 Å². The minimum absolute atomic E-state index is 0.212. The number of piperazine rings is 1. The number of rotatable bonds is 5. The van der Waals surface area contributed by atoms with Crippen LogP contribution in [0.25, 0.3) is 0 Å². The molecule has 0 aromatic carbocycles. The lowest BCUT2D eigenvalue weighted by Gasteiger charge is -2.35. The zero-order chi connectivity index (χ0) is 16.9. The maximum absolute atomic E-state index is 12.3. The van der Waals surface area contributed by atoms with Crippen LogP contribution >= 0.6 is 27.3 Å². The summed E-state index contributed by atoms with van der Waals surface area (Å²) in [6, 6.07) is 4.71. The molecule has 1 aliphatic heterocycles. The van der Waals surface area contributed by atoms with Crippen molar-refractivity contribution in [2.45, 2.75) is 45.2 Å². The van der Waals surface area contributed by atoms with Gasteiger partial charge in [0, 0.05) is 43.6 Å². The Balaban J connectivity index is 1.37. The molecule has 2 fully saturated rings. The topological polar surface area (TPSA) is 35.6 Å². The molecule has 1 N–H and O–H groups in total. The molecular weight excluding hydrogens is 386 g/mol. The maximum Gasteiger partial charge on any atom is 0.234 e. The van der Waals surface area contributed by atoms with E-state index >= 15 is 0 Å². The van der Waals surface area contributed by atoms with Crippen molar-refractivity contribution in [1.82, 2.24) is 15.1 Å². The third-order valence-electron chi connectivity index (χ3n) is 5.30. The molecule has 1 aromatic rings. The molecular formula is C18H28BrN3OS. The van der Waals surface area contributed by atoms with Crippen LogP contribution in [0.5, 0.6) is 0 Å². The van der Waals surface area contributed by atoms with Crippen LogP contribution in [0.15, 0.2) is 15.9 Å². The monoisotopic (exact) mass is 413 g/mol. The highest BCUT2D eigenvalue weighted by Crippen LogP contribution is 2.24. The van der Waals surface area contributed by atoms with E-state index in [0.29, 0.717) is 18.5 Å². The summed E-state index contributed by atoms with van der Waals surface area (Å²) in [5.74, 6) is 0.842. The molecule has 0 spiro atoms. The van der Waals surface area contributed by atoms with Crippen LogP contribution in [-0.2, 0) is 11.3 Å². The molecule has 0 bridgehead atoms. The van der Waals surface area contributed by atoms with Gasteiger partial charge in [-0.1, -0.05) is 19.8 Å². The largest absolute Gasteiger partial charge is 0.352 e. The lowest BCUT2D eigenvalue weighted by Crippen LogP contribution is -2.51. The molecule has 2 aliphatic rings. The second-order valence-electron chi connectivity index (χ2n) is 7.19. The number of thiophene rings is 1. The maximum atomic E-state index is 12.3. The Morgan fingerprint density at radius 2 is 1.92 bits per heavy atom. The Morgan fingerprint density at radius 1 is 1.21 bits per heavy atom. The van der Waals surface area contributed by atoms with Crippen molar-refractivity contribution in [2.24, 2.45) is 5.92 Å². The number of amides is 1. The van der Waals surface area contributed by atoms with Crippen molar-refractivity contribution in [3.8, 4) is 0 Å². The summed E-state index contributed by atoms with van der Waals surface area (Å²) in [6.45, 7) is 7.91. The highest BCUT2D eigenvalue weighted by Gasteiger charge is 2.24. The van der Waals surface area contributed by atoms with E-state index in [4.69, 9.17) is 0 Å². The van der Waals surface area contributed by atoms with E-state index in [1.54, 1.807) is 0 Å². The average molecular weight is 414 g/mol. The summed E-state index contributed by atoms with van der Waals surface area (Å²) >= 11 is 5.34. The van der Waals surface area contributed by atoms with Gasteiger partial charge in [-0.15, -0.1) is 11.3 Å². The summed E-state index contributed by atoms with van der Waals surface area (Å²) < 4.78 is 1.20. The minimum atomic E-state index is 0.212. The van der Waals surface area contributed by atoms with Crippen LogP contribution in [0.2, 0.25) is 0 Å². The molecule has 134 valence electrons. The Hall–Kier alpha value is -0.430. The molecule has 1 aromatic heterocycles. The molecule has 3 rings (SSSR count). The highest BCUT2D eigenvalue weighted by molar-refractivity contribution is 9.11. The molecule has 0 unspecified atom stereocenters. The van der Waals surface area contributed by atoms with Gasteiger partial charge in [0.05, 0.1) is 10.3 Å². The molecule has 4 nitrogen and oxygen atoms in total. The zero-order valence-electron chi connectivity index (χ0n) is 14.5. The van der Waals surface area contributed by atoms with Crippen molar-refractivity contribution in [3.63, 3.8) is 0 Å². The van der Waals surface area contributed by atoms with Crippen LogP contribution in [-0.4, -0.2) is 54.5 Å². The second-order valence-corrected chi connectivity index (χ2v) is 9.74. The lowest BCUT2D eigenvalue weighted by atomic mass is 9.86. The standard InChI is InChI=1S/C18H28BrN3OS/c1-14-4-2-3-5-16(14)20-18(23)13-22-10-8-21(9-11-22)12-15-6-7-17(19)24-15/h6-7,14,16H,2-5,8-13H2,1H3,(H,20,23)/t14-,16-/m1/s1. The van der Waals surface area contributed by atoms with Gasteiger partial charge in [0.2, 0.25) is 5.91 Å². The van der Waals surface area contributed by atoms with E-state index < -0.39 is 0 Å². The van der Waals surface area contributed by atoms with Crippen molar-refractivity contribution in [3.05, 3.63) is 20.8 Å². The first-order valence-corrected chi connectivity index (χ1v) is 10.7. The molecule has 0 radical (unpaired) electrons. The summed E-state index contributed by atoms with van der Waals surface area (Å²) in [7, 11) is 0. The Morgan fingerprint density at radius 3 is 2.58 bits per heavy atom. The summed E-state index contributed by atoms with van der Waals surface area (Å²) in [6.07, 6.45) is 4.97. The van der Waals surface area contributed by atoms with Crippen molar-refractivity contribution >= 4 is 33.2 Å². The summed E-state index contributed by atoms with van der Waals surface area (Å²) in [4.78, 5) is 18.5. The van der Waals surface area contributed by atoms with E-state index in [2.05, 4.69) is 50.1 Å². The fraction of sp³-hybridized carbons (Fsp3) is 0.722. The highest BCUT2D eigenvalue weighted by atomic mass is 79.9. The Kier molecular flexibility index (Phi) is 6.72. The first-order valence-electron chi connectivity index (χ1n) is 9.08. The van der Waals surface area contributed by atoms with Gasteiger partial charge >= 0.3 is 0 Å². The number of hydrogen-bond donors (Lipinski definition) is 1. The van der Waals surface area contributed by atoms with Crippen molar-refractivity contribution in [1.29, 1.82) is 0 Å². The summed E-state index contributed by atoms with van der Waals surface area (Å²) in [5.41, 5.74) is 0. The van der Waals surface area contributed by atoms with Crippen LogP contribution in [0, 0.1) is 5.92 Å². The van der Waals surface area contributed by atoms with Gasteiger partial charge in [-0.05, 0) is 46.8 Å². The lowest BCUT2D eigenvalue weighted by molar-refractivity contribution is -0.124. The first-order chi connectivity index (χ1) is 11.6. The van der Waals surface area contributed by atoms with E-state index in [9.17, 15) is 4.79 Å². The van der Waals surface area contributed by atoms with E-state index in [1.165, 1.54) is 27.9 Å². The predicted molar refractivity (Wildman–Crippen MR) is 103 cm³/mol. The number of hydrogen-bond acceptors (Lipinski definition) is 4. The molecule has 6 heteroatoms. The predicted octanol–water partition coefficient (Wildman–Crippen LogP) is 3.32. The first kappa shape index (κ1) is 18.4. The molecule has 1 amide bonds. The normalized spacial score (nSPS) is 26.4. The summed E-state index contributed by atoms with van der Waals surface area (Å²) in [5, 5.41) is 3.27. The molecule has 24 heavy (non-hydrogen) atoms. The number of nitrogens with one attached hydrogen (secondary N) is 1. The van der Waals surface area contributed by atoms with Gasteiger partial charge in [0.1, 0.15) is 0 Å². The van der Waals surface area contributed by atoms with Gasteiger partial charge in [-0.25, -0.2) is 0 Å². The molecule has 1 saturated carbocycles. The second kappa shape index (κ2) is 8.79. The smallest absolute Gasteiger partial charge is 0.234 e. The molecule has 1 aliphatic carbocycles. The number of carbonyl (C=O) groups excluding carboxylic acids is 1. The quantitative estimate of drug-likeness (QED) is 0.803. The fourth-order valence-corrected chi connectivity index (χ4v) is 5.27. The van der Waals surface area contributed by atoms with Crippen LogP contribution < -0.4 is 5.32 Å². The van der Waals surface area contributed by atoms with Crippen LogP contribution in [0.1, 0.15) is 37.5 Å². The van der Waals surface area contributed by atoms with Crippen LogP contribution in [0.4, 0.5) is 0 Å². The van der Waals surface area contributed by atoms with E-state index in [0.717, 1.165) is 39.1 Å². The fourth-order valence-electron chi connectivity index (χ4n) is 3.75. The molecule has 2 atom stereocenters. The number of nitrogens with zero attached hydrogens (tertiary/aromatic N) is 2. The van der Waals surface area contributed by atoms with Gasteiger partial charge < -0.3 is 5.32 Å². The van der Waals surface area contributed by atoms with Gasteiger partial charge in [0.15, 0.2) is 0 Å².